The van der Waals surface area contributed by atoms with E-state index < -0.39 is 0 Å². The molecule has 2 aromatic heterocycles. The highest BCUT2D eigenvalue weighted by atomic mass is 15.2. The van der Waals surface area contributed by atoms with Crippen molar-refractivity contribution in [3.05, 3.63) is 36.7 Å². The van der Waals surface area contributed by atoms with Crippen molar-refractivity contribution >= 4 is 16.7 Å². The van der Waals surface area contributed by atoms with E-state index in [1.165, 1.54) is 19.3 Å². The SMILES string of the molecule is c1ccc2c(-c3cc(N4CCCCC4)ncn3)n[nH]c2c1. The minimum Gasteiger partial charge on any atom is -0.357 e. The number of hydrogen-bond donors (Lipinski definition) is 1. The van der Waals surface area contributed by atoms with Crippen molar-refractivity contribution in [1.29, 1.82) is 0 Å². The predicted octanol–water partition coefficient (Wildman–Crippen LogP) is 3.01. The lowest BCUT2D eigenvalue weighted by Crippen LogP contribution is -2.30. The van der Waals surface area contributed by atoms with Gasteiger partial charge in [-0.2, -0.15) is 5.10 Å². The number of benzene rings is 1. The topological polar surface area (TPSA) is 57.7 Å². The van der Waals surface area contributed by atoms with E-state index in [1.807, 2.05) is 24.3 Å². The minimum atomic E-state index is 0.878. The van der Waals surface area contributed by atoms with Gasteiger partial charge in [-0.3, -0.25) is 5.10 Å². The molecule has 0 radical (unpaired) electrons. The number of aromatic nitrogens is 4. The van der Waals surface area contributed by atoms with Crippen LogP contribution in [0.15, 0.2) is 36.7 Å². The van der Waals surface area contributed by atoms with Gasteiger partial charge in [0, 0.05) is 24.5 Å². The number of nitrogens with zero attached hydrogens (tertiary/aromatic N) is 4. The number of H-pyrrole nitrogens is 1. The summed E-state index contributed by atoms with van der Waals surface area (Å²) in [4.78, 5) is 11.2. The zero-order valence-electron chi connectivity index (χ0n) is 11.8. The number of rotatable bonds is 2. The van der Waals surface area contributed by atoms with Crippen molar-refractivity contribution < 1.29 is 0 Å². The third-order valence-corrected chi connectivity index (χ3v) is 4.05. The third kappa shape index (κ3) is 2.24. The van der Waals surface area contributed by atoms with Crippen LogP contribution in [0.5, 0.6) is 0 Å². The summed E-state index contributed by atoms with van der Waals surface area (Å²) in [6.45, 7) is 2.16. The van der Waals surface area contributed by atoms with Crippen molar-refractivity contribution in [2.75, 3.05) is 18.0 Å². The molecule has 106 valence electrons. The van der Waals surface area contributed by atoms with E-state index in [0.717, 1.165) is 41.2 Å². The van der Waals surface area contributed by atoms with Crippen molar-refractivity contribution in [2.24, 2.45) is 0 Å². The van der Waals surface area contributed by atoms with Crippen LogP contribution in [0.2, 0.25) is 0 Å². The molecule has 1 N–H and O–H groups in total. The Hall–Kier alpha value is -2.43. The number of fused-ring (bicyclic) bond motifs is 1. The van der Waals surface area contributed by atoms with Crippen LogP contribution >= 0.6 is 0 Å². The van der Waals surface area contributed by atoms with Gasteiger partial charge in [-0.05, 0) is 25.3 Å². The molecular weight excluding hydrogens is 262 g/mol. The second-order valence-electron chi connectivity index (χ2n) is 5.43. The molecule has 21 heavy (non-hydrogen) atoms. The van der Waals surface area contributed by atoms with E-state index in [4.69, 9.17) is 0 Å². The number of nitrogens with one attached hydrogen (secondary N) is 1. The van der Waals surface area contributed by atoms with Crippen LogP contribution in [0.1, 0.15) is 19.3 Å². The van der Waals surface area contributed by atoms with E-state index >= 15 is 0 Å². The molecule has 3 heterocycles. The summed E-state index contributed by atoms with van der Waals surface area (Å²) in [5, 5.41) is 8.58. The van der Waals surface area contributed by atoms with Gasteiger partial charge in [0.05, 0.1) is 11.2 Å². The summed E-state index contributed by atoms with van der Waals surface area (Å²) in [6, 6.07) is 10.2. The molecule has 1 saturated heterocycles. The van der Waals surface area contributed by atoms with Crippen LogP contribution in [-0.2, 0) is 0 Å². The van der Waals surface area contributed by atoms with Gasteiger partial charge >= 0.3 is 0 Å². The molecule has 1 fully saturated rings. The molecule has 0 saturated carbocycles. The Labute approximate surface area is 123 Å². The smallest absolute Gasteiger partial charge is 0.132 e. The van der Waals surface area contributed by atoms with Crippen LogP contribution in [-0.4, -0.2) is 33.3 Å². The maximum Gasteiger partial charge on any atom is 0.132 e. The molecule has 0 spiro atoms. The summed E-state index contributed by atoms with van der Waals surface area (Å²) in [5.41, 5.74) is 2.81. The molecular formula is C16H17N5. The molecule has 4 rings (SSSR count). The fraction of sp³-hybridized carbons (Fsp3) is 0.312. The zero-order chi connectivity index (χ0) is 14.1. The summed E-state index contributed by atoms with van der Waals surface area (Å²) in [7, 11) is 0. The fourth-order valence-corrected chi connectivity index (χ4v) is 2.93. The Morgan fingerprint density at radius 2 is 1.86 bits per heavy atom. The van der Waals surface area contributed by atoms with Gasteiger partial charge in [-0.15, -0.1) is 0 Å². The number of para-hydroxylation sites is 1. The maximum atomic E-state index is 4.43. The van der Waals surface area contributed by atoms with Crippen molar-refractivity contribution in [3.8, 4) is 11.4 Å². The molecule has 5 nitrogen and oxygen atoms in total. The van der Waals surface area contributed by atoms with Gasteiger partial charge in [-0.1, -0.05) is 18.2 Å². The second-order valence-corrected chi connectivity index (χ2v) is 5.43. The van der Waals surface area contributed by atoms with Crippen LogP contribution in [0.3, 0.4) is 0 Å². The van der Waals surface area contributed by atoms with Crippen LogP contribution in [0.4, 0.5) is 5.82 Å². The molecule has 0 bridgehead atoms. The fourth-order valence-electron chi connectivity index (χ4n) is 2.93. The number of aromatic amines is 1. The van der Waals surface area contributed by atoms with Crippen LogP contribution in [0.25, 0.3) is 22.3 Å². The molecule has 0 unspecified atom stereocenters. The van der Waals surface area contributed by atoms with Crippen molar-refractivity contribution in [2.45, 2.75) is 19.3 Å². The van der Waals surface area contributed by atoms with E-state index in [0.29, 0.717) is 0 Å². The quantitative estimate of drug-likeness (QED) is 0.783. The van der Waals surface area contributed by atoms with Crippen LogP contribution in [0, 0.1) is 0 Å². The highest BCUT2D eigenvalue weighted by Gasteiger charge is 2.15. The first kappa shape index (κ1) is 12.3. The van der Waals surface area contributed by atoms with E-state index in [9.17, 15) is 0 Å². The lowest BCUT2D eigenvalue weighted by Gasteiger charge is -2.27. The lowest BCUT2D eigenvalue weighted by atomic mass is 10.1. The molecule has 3 aromatic rings. The highest BCUT2D eigenvalue weighted by molar-refractivity contribution is 5.92. The first-order valence-electron chi connectivity index (χ1n) is 7.42. The number of hydrogen-bond acceptors (Lipinski definition) is 4. The Kier molecular flexibility index (Phi) is 3.03. The summed E-state index contributed by atoms with van der Waals surface area (Å²) >= 11 is 0. The molecule has 1 aromatic carbocycles. The van der Waals surface area contributed by atoms with Gasteiger partial charge in [-0.25, -0.2) is 9.97 Å². The monoisotopic (exact) mass is 279 g/mol. The average Bonchev–Trinajstić information content (AvgIpc) is 3.00. The van der Waals surface area contributed by atoms with Gasteiger partial charge < -0.3 is 4.90 Å². The minimum absolute atomic E-state index is 0.878. The Morgan fingerprint density at radius 1 is 1.00 bits per heavy atom. The first-order chi connectivity index (χ1) is 10.4. The lowest BCUT2D eigenvalue weighted by molar-refractivity contribution is 0.573. The molecule has 0 atom stereocenters. The summed E-state index contributed by atoms with van der Waals surface area (Å²) in [6.07, 6.45) is 5.44. The third-order valence-electron chi connectivity index (χ3n) is 4.05. The second kappa shape index (κ2) is 5.16. The first-order valence-corrected chi connectivity index (χ1v) is 7.42. The van der Waals surface area contributed by atoms with Gasteiger partial charge in [0.2, 0.25) is 0 Å². The van der Waals surface area contributed by atoms with E-state index in [2.05, 4.69) is 31.1 Å². The molecule has 1 aliphatic rings. The number of piperidine rings is 1. The zero-order valence-corrected chi connectivity index (χ0v) is 11.8. The summed E-state index contributed by atoms with van der Waals surface area (Å²) in [5.74, 6) is 1.01. The van der Waals surface area contributed by atoms with Gasteiger partial charge in [0.15, 0.2) is 0 Å². The largest absolute Gasteiger partial charge is 0.357 e. The Balaban J connectivity index is 1.75. The van der Waals surface area contributed by atoms with Crippen LogP contribution < -0.4 is 4.90 Å². The Morgan fingerprint density at radius 3 is 2.76 bits per heavy atom. The molecule has 1 aliphatic heterocycles. The van der Waals surface area contributed by atoms with Crippen molar-refractivity contribution in [3.63, 3.8) is 0 Å². The van der Waals surface area contributed by atoms with Gasteiger partial charge in [0.1, 0.15) is 17.8 Å². The predicted molar refractivity (Wildman–Crippen MR) is 83.2 cm³/mol. The Bertz CT molecular complexity index is 758. The van der Waals surface area contributed by atoms with E-state index in [-0.39, 0.29) is 0 Å². The molecule has 0 amide bonds. The normalized spacial score (nSPS) is 15.5. The van der Waals surface area contributed by atoms with E-state index in [1.54, 1.807) is 6.33 Å². The average molecular weight is 279 g/mol. The van der Waals surface area contributed by atoms with Gasteiger partial charge in [0.25, 0.3) is 0 Å². The summed E-state index contributed by atoms with van der Waals surface area (Å²) < 4.78 is 0. The van der Waals surface area contributed by atoms with Crippen molar-refractivity contribution in [1.82, 2.24) is 20.2 Å². The standard InChI is InChI=1S/C16H17N5/c1-4-8-21(9-5-1)15-10-14(17-11-18-15)16-12-6-2-3-7-13(12)19-20-16/h2-3,6-7,10-11H,1,4-5,8-9H2,(H,19,20). The number of anilines is 1. The maximum absolute atomic E-state index is 4.43. The molecule has 5 heteroatoms. The highest BCUT2D eigenvalue weighted by Crippen LogP contribution is 2.27. The molecule has 0 aliphatic carbocycles.